The number of carbonyl (C=O) groups is 6. The van der Waals surface area contributed by atoms with Gasteiger partial charge in [0.15, 0.2) is 0 Å². The van der Waals surface area contributed by atoms with Crippen molar-refractivity contribution in [2.24, 2.45) is 39.5 Å². The van der Waals surface area contributed by atoms with Crippen LogP contribution in [0.25, 0.3) is 0 Å². The Morgan fingerprint density at radius 3 is 1.73 bits per heavy atom. The number of amides is 6. The van der Waals surface area contributed by atoms with Crippen molar-refractivity contribution in [3.8, 4) is 0 Å². The number of likely N-dealkylation sites (tertiary alicyclic amines) is 1. The van der Waals surface area contributed by atoms with Gasteiger partial charge in [-0.25, -0.2) is 4.79 Å². The van der Waals surface area contributed by atoms with Gasteiger partial charge in [0.2, 0.25) is 23.5 Å². The molecule has 6 amide bonds. The SMILES string of the molecule is CC.CC(C)(C)C.CC(C)(C)C1C[C@@H](C(=O)NC(CC2CC2)C(=O)C(N)=O)N(C(=O)C(NC(=O)NCC(N)=O)C(C)(C)C)C1. The van der Waals surface area contributed by atoms with Crippen LogP contribution in [0.1, 0.15) is 109 Å². The van der Waals surface area contributed by atoms with Gasteiger partial charge in [0.1, 0.15) is 12.1 Å². The summed E-state index contributed by atoms with van der Waals surface area (Å²) in [7, 11) is 0. The lowest BCUT2D eigenvalue weighted by molar-refractivity contribution is -0.143. The van der Waals surface area contributed by atoms with Gasteiger partial charge < -0.3 is 32.3 Å². The molecule has 254 valence electrons. The standard InChI is InChI=1S/C25H42N6O6.C5H12.C2H6/c1-24(2,3)14-10-16(21(35)29-15(9-13-7-8-13)18(33)20(27)34)31(12-14)22(36)19(25(4,5)6)30-23(37)28-11-17(26)32;1-5(2,3)4;1-2/h13-16,19H,7-12H2,1-6H3,(H2,26,32)(H2,27,34)(H,29,35)(H2,28,30,37);1-4H3;1-2H3/t14?,15?,16-,19?;;/m0../s1. The minimum Gasteiger partial charge on any atom is -0.368 e. The fourth-order valence-corrected chi connectivity index (χ4v) is 4.48. The first-order valence-electron chi connectivity index (χ1n) is 15.7. The van der Waals surface area contributed by atoms with E-state index in [1.54, 1.807) is 20.8 Å². The van der Waals surface area contributed by atoms with Gasteiger partial charge in [0.25, 0.3) is 5.91 Å². The highest BCUT2D eigenvalue weighted by Crippen LogP contribution is 2.38. The van der Waals surface area contributed by atoms with Gasteiger partial charge >= 0.3 is 6.03 Å². The molecule has 4 atom stereocenters. The second-order valence-electron chi connectivity index (χ2n) is 15.4. The number of nitrogens with zero attached hydrogens (tertiary/aromatic N) is 1. The molecule has 0 bridgehead atoms. The van der Waals surface area contributed by atoms with Gasteiger partial charge in [-0.05, 0) is 40.9 Å². The fraction of sp³-hybridized carbons (Fsp3) is 0.812. The van der Waals surface area contributed by atoms with Crippen molar-refractivity contribution in [3.63, 3.8) is 0 Å². The fourth-order valence-electron chi connectivity index (χ4n) is 4.48. The van der Waals surface area contributed by atoms with Crippen molar-refractivity contribution in [2.75, 3.05) is 13.1 Å². The summed E-state index contributed by atoms with van der Waals surface area (Å²) in [6.45, 7) is 24.0. The molecule has 1 heterocycles. The van der Waals surface area contributed by atoms with E-state index in [1.807, 2.05) is 34.6 Å². The van der Waals surface area contributed by atoms with Crippen LogP contribution >= 0.6 is 0 Å². The Kier molecular flexibility index (Phi) is 15.6. The van der Waals surface area contributed by atoms with Crippen molar-refractivity contribution in [3.05, 3.63) is 0 Å². The van der Waals surface area contributed by atoms with Crippen molar-refractivity contribution in [1.82, 2.24) is 20.9 Å². The number of urea groups is 1. The molecule has 1 aliphatic carbocycles. The number of hydrogen-bond acceptors (Lipinski definition) is 6. The zero-order valence-corrected chi connectivity index (χ0v) is 29.2. The van der Waals surface area contributed by atoms with E-state index in [4.69, 9.17) is 11.5 Å². The first kappa shape index (κ1) is 40.8. The second kappa shape index (κ2) is 16.8. The maximum absolute atomic E-state index is 13.8. The number of nitrogens with two attached hydrogens (primary N) is 2. The van der Waals surface area contributed by atoms with Crippen LogP contribution in [0, 0.1) is 28.1 Å². The lowest BCUT2D eigenvalue weighted by Gasteiger charge is -2.36. The van der Waals surface area contributed by atoms with Crippen LogP contribution in [0.4, 0.5) is 4.79 Å². The van der Waals surface area contributed by atoms with Gasteiger partial charge in [-0.15, -0.1) is 0 Å². The van der Waals surface area contributed by atoms with E-state index in [9.17, 15) is 28.8 Å². The third-order valence-electron chi connectivity index (χ3n) is 7.06. The summed E-state index contributed by atoms with van der Waals surface area (Å²) in [4.78, 5) is 76.2. The Bertz CT molecular complexity index is 1010. The van der Waals surface area contributed by atoms with Crippen LogP contribution in [0.15, 0.2) is 0 Å². The molecule has 0 aromatic heterocycles. The molecule has 0 aromatic carbocycles. The Hall–Kier alpha value is -3.18. The molecule has 1 saturated heterocycles. The lowest BCUT2D eigenvalue weighted by Crippen LogP contribution is -2.60. The molecule has 2 aliphatic rings. The molecule has 3 unspecified atom stereocenters. The monoisotopic (exact) mass is 624 g/mol. The molecule has 0 spiro atoms. The van der Waals surface area contributed by atoms with E-state index >= 15 is 0 Å². The van der Waals surface area contributed by atoms with E-state index in [2.05, 4.69) is 43.6 Å². The van der Waals surface area contributed by atoms with Crippen LogP contribution in [-0.2, 0) is 24.0 Å². The normalized spacial score (nSPS) is 19.6. The summed E-state index contributed by atoms with van der Waals surface area (Å²) in [5, 5.41) is 7.61. The smallest absolute Gasteiger partial charge is 0.315 e. The number of Topliss-reactive ketones (excluding diaryl/α,β-unsaturated/α-hetero) is 1. The van der Waals surface area contributed by atoms with E-state index < -0.39 is 65.5 Å². The zero-order chi connectivity index (χ0) is 34.8. The Labute approximate surface area is 264 Å². The average molecular weight is 625 g/mol. The van der Waals surface area contributed by atoms with Crippen molar-refractivity contribution in [1.29, 1.82) is 0 Å². The Morgan fingerprint density at radius 1 is 0.841 bits per heavy atom. The third kappa shape index (κ3) is 15.0. The summed E-state index contributed by atoms with van der Waals surface area (Å²) in [6.07, 6.45) is 2.50. The summed E-state index contributed by atoms with van der Waals surface area (Å²) in [5.41, 5.74) is 9.83. The number of ketones is 1. The third-order valence-corrected chi connectivity index (χ3v) is 7.06. The summed E-state index contributed by atoms with van der Waals surface area (Å²) in [6, 6.07) is -3.71. The largest absolute Gasteiger partial charge is 0.368 e. The molecule has 0 aromatic rings. The van der Waals surface area contributed by atoms with E-state index in [0.29, 0.717) is 18.3 Å². The van der Waals surface area contributed by atoms with Crippen molar-refractivity contribution >= 4 is 35.4 Å². The van der Waals surface area contributed by atoms with E-state index in [0.717, 1.165) is 12.8 Å². The van der Waals surface area contributed by atoms with Gasteiger partial charge in [-0.2, -0.15) is 0 Å². The molecule has 7 N–H and O–H groups in total. The zero-order valence-electron chi connectivity index (χ0n) is 29.2. The second-order valence-corrected chi connectivity index (χ2v) is 15.4. The minimum atomic E-state index is -1.11. The molecule has 12 heteroatoms. The predicted octanol–water partition coefficient (Wildman–Crippen LogP) is 2.87. The first-order valence-corrected chi connectivity index (χ1v) is 15.7. The highest BCUT2D eigenvalue weighted by Gasteiger charge is 2.48. The first-order chi connectivity index (χ1) is 19.9. The average Bonchev–Trinajstić information content (AvgIpc) is 3.56. The highest BCUT2D eigenvalue weighted by molar-refractivity contribution is 6.37. The summed E-state index contributed by atoms with van der Waals surface area (Å²) < 4.78 is 0. The summed E-state index contributed by atoms with van der Waals surface area (Å²) >= 11 is 0. The topological polar surface area (TPSA) is 194 Å². The number of rotatable bonds is 10. The van der Waals surface area contributed by atoms with Crippen LogP contribution in [0.3, 0.4) is 0 Å². The molecule has 12 nitrogen and oxygen atoms in total. The van der Waals surface area contributed by atoms with E-state index in [1.165, 1.54) is 4.90 Å². The maximum atomic E-state index is 13.8. The number of hydrogen-bond donors (Lipinski definition) is 5. The number of primary amides is 2. The molecule has 1 aliphatic heterocycles. The quantitative estimate of drug-likeness (QED) is 0.232. The molecule has 2 rings (SSSR count). The lowest BCUT2D eigenvalue weighted by atomic mass is 9.79. The van der Waals surface area contributed by atoms with Gasteiger partial charge in [-0.1, -0.05) is 95.9 Å². The molecule has 0 radical (unpaired) electrons. The predicted molar refractivity (Wildman–Crippen MR) is 172 cm³/mol. The Morgan fingerprint density at radius 2 is 1.34 bits per heavy atom. The minimum absolute atomic E-state index is 0.0368. The molecule has 1 saturated carbocycles. The van der Waals surface area contributed by atoms with Crippen molar-refractivity contribution in [2.45, 2.75) is 127 Å². The van der Waals surface area contributed by atoms with Crippen LogP contribution in [0.2, 0.25) is 0 Å². The molecule has 2 fully saturated rings. The highest BCUT2D eigenvalue weighted by atomic mass is 16.2. The van der Waals surface area contributed by atoms with Crippen LogP contribution < -0.4 is 27.4 Å². The van der Waals surface area contributed by atoms with Crippen LogP contribution in [-0.4, -0.2) is 71.6 Å². The Balaban J connectivity index is 0.00000239. The van der Waals surface area contributed by atoms with Gasteiger partial charge in [0.05, 0.1) is 12.6 Å². The molecule has 44 heavy (non-hydrogen) atoms. The number of nitrogens with one attached hydrogen (secondary N) is 3. The number of carbonyl (C=O) groups excluding carboxylic acids is 6. The van der Waals surface area contributed by atoms with Crippen molar-refractivity contribution < 1.29 is 28.8 Å². The van der Waals surface area contributed by atoms with Crippen LogP contribution in [0.5, 0.6) is 0 Å². The van der Waals surface area contributed by atoms with Gasteiger partial charge in [-0.3, -0.25) is 24.0 Å². The van der Waals surface area contributed by atoms with E-state index in [-0.39, 0.29) is 23.8 Å². The maximum Gasteiger partial charge on any atom is 0.315 e. The molecular weight excluding hydrogens is 564 g/mol. The molecular formula is C32H60N6O6. The van der Waals surface area contributed by atoms with Gasteiger partial charge in [0, 0.05) is 6.54 Å². The summed E-state index contributed by atoms with van der Waals surface area (Å²) in [5.74, 6) is -3.50.